The van der Waals surface area contributed by atoms with Gasteiger partial charge in [0.1, 0.15) is 0 Å². The van der Waals surface area contributed by atoms with Gasteiger partial charge >= 0.3 is 35.5 Å². The van der Waals surface area contributed by atoms with E-state index in [0.29, 0.717) is 6.42 Å². The standard InChI is InChI=1S/C11H19NO3.Na/c1-2-3-4-5-6-7-10(13)12-9-8-11(14)15;/h2H,1,3-9H2,(H,12,13)(H,14,15);/q;+1/p-1. The molecule has 16 heavy (non-hydrogen) atoms. The van der Waals surface area contributed by atoms with Crippen molar-refractivity contribution in [3.05, 3.63) is 12.7 Å². The zero-order chi connectivity index (χ0) is 11.5. The minimum atomic E-state index is -0.919. The molecule has 0 spiro atoms. The zero-order valence-electron chi connectivity index (χ0n) is 9.95. The molecule has 0 aliphatic carbocycles. The molecule has 0 aliphatic heterocycles. The van der Waals surface area contributed by atoms with Crippen LogP contribution in [0.2, 0.25) is 0 Å². The Kier molecular flexibility index (Phi) is 14.4. The number of carbonyl (C=O) groups is 1. The van der Waals surface area contributed by atoms with Gasteiger partial charge in [-0.2, -0.15) is 0 Å². The summed E-state index contributed by atoms with van der Waals surface area (Å²) >= 11 is 0. The van der Waals surface area contributed by atoms with E-state index in [4.69, 9.17) is 5.11 Å². The van der Waals surface area contributed by atoms with E-state index in [0.717, 1.165) is 25.7 Å². The molecule has 0 aliphatic rings. The number of hydrogen-bond donors (Lipinski definition) is 1. The van der Waals surface area contributed by atoms with Crippen molar-refractivity contribution in [2.75, 3.05) is 6.54 Å². The van der Waals surface area contributed by atoms with Crippen LogP contribution in [0.5, 0.6) is 0 Å². The largest absolute Gasteiger partial charge is 1.00 e. The summed E-state index contributed by atoms with van der Waals surface area (Å²) in [5, 5.41) is 19.4. The van der Waals surface area contributed by atoms with Crippen LogP contribution in [0.3, 0.4) is 0 Å². The second-order valence-corrected chi connectivity index (χ2v) is 3.31. The first-order valence-corrected chi connectivity index (χ1v) is 5.20. The van der Waals surface area contributed by atoms with Crippen LogP contribution < -0.4 is 34.7 Å². The second kappa shape index (κ2) is 12.7. The summed E-state index contributed by atoms with van der Waals surface area (Å²) in [5.41, 5.74) is 0. The van der Waals surface area contributed by atoms with Crippen molar-refractivity contribution >= 4 is 11.9 Å². The smallest absolute Gasteiger partial charge is 0.862 e. The molecule has 4 nitrogen and oxygen atoms in total. The summed E-state index contributed by atoms with van der Waals surface area (Å²) < 4.78 is 0. The van der Waals surface area contributed by atoms with Crippen LogP contribution in [0.25, 0.3) is 0 Å². The minimum absolute atomic E-state index is 0. The molecule has 0 radical (unpaired) electrons. The number of rotatable bonds is 9. The molecule has 0 unspecified atom stereocenters. The molecule has 1 N–H and O–H groups in total. The molecule has 0 fully saturated rings. The van der Waals surface area contributed by atoms with E-state index in [9.17, 15) is 9.90 Å². The molecule has 0 rings (SSSR count). The quantitative estimate of drug-likeness (QED) is 0.171. The molecular formula is C11H18NNaO3. The van der Waals surface area contributed by atoms with Crippen LogP contribution in [0.1, 0.15) is 38.5 Å². The van der Waals surface area contributed by atoms with Crippen molar-refractivity contribution in [2.45, 2.75) is 38.5 Å². The maximum Gasteiger partial charge on any atom is 1.00 e. The molecule has 0 aromatic heterocycles. The summed E-state index contributed by atoms with van der Waals surface area (Å²) in [7, 11) is 0. The Hall–Kier alpha value is -0.320. The van der Waals surface area contributed by atoms with E-state index >= 15 is 0 Å². The van der Waals surface area contributed by atoms with Gasteiger partial charge in [-0.25, -0.2) is 0 Å². The van der Waals surface area contributed by atoms with Gasteiger partial charge in [0.05, 0.1) is 6.42 Å². The molecular weight excluding hydrogens is 217 g/mol. The zero-order valence-corrected chi connectivity index (χ0v) is 11.9. The first-order chi connectivity index (χ1) is 7.16. The van der Waals surface area contributed by atoms with Crippen LogP contribution in [0.15, 0.2) is 17.6 Å². The maximum atomic E-state index is 11.1. The third-order valence-corrected chi connectivity index (χ3v) is 1.91. The van der Waals surface area contributed by atoms with E-state index in [-0.39, 0.29) is 48.4 Å². The molecule has 0 bridgehead atoms. The van der Waals surface area contributed by atoms with Gasteiger partial charge < -0.3 is 15.2 Å². The number of carboxylic acid groups (broad SMARTS) is 1. The Balaban J connectivity index is 0. The monoisotopic (exact) mass is 235 g/mol. The maximum absolute atomic E-state index is 11.1. The molecule has 0 saturated carbocycles. The van der Waals surface area contributed by atoms with Gasteiger partial charge in [-0.05, 0) is 31.6 Å². The van der Waals surface area contributed by atoms with E-state index in [1.54, 1.807) is 0 Å². The molecule has 0 amide bonds. The molecule has 5 heteroatoms. The second-order valence-electron chi connectivity index (χ2n) is 3.31. The molecule has 0 aromatic carbocycles. The normalized spacial score (nSPS) is 10.6. The molecule has 0 saturated heterocycles. The van der Waals surface area contributed by atoms with Gasteiger partial charge in [0, 0.05) is 6.54 Å². The summed E-state index contributed by atoms with van der Waals surface area (Å²) in [5.74, 6) is -1.10. The van der Waals surface area contributed by atoms with Crippen LogP contribution in [0, 0.1) is 0 Å². The fraction of sp³-hybridized carbons (Fsp3) is 0.636. The van der Waals surface area contributed by atoms with Crippen molar-refractivity contribution in [1.82, 2.24) is 0 Å². The molecule has 0 aromatic rings. The Morgan fingerprint density at radius 1 is 1.31 bits per heavy atom. The van der Waals surface area contributed by atoms with E-state index in [1.807, 2.05) is 6.08 Å². The average molecular weight is 235 g/mol. The average Bonchev–Trinajstić information content (AvgIpc) is 2.17. The van der Waals surface area contributed by atoms with Crippen LogP contribution in [-0.2, 0) is 4.79 Å². The predicted octanol–water partition coefficient (Wildman–Crippen LogP) is -1.64. The summed E-state index contributed by atoms with van der Waals surface area (Å²) in [6.07, 6.45) is 6.06. The Morgan fingerprint density at radius 3 is 2.56 bits per heavy atom. The van der Waals surface area contributed by atoms with E-state index in [1.165, 1.54) is 0 Å². The first kappa shape index (κ1) is 18.1. The SMILES string of the molecule is C=CCCCCCC([O-])=NCCC(=O)O.[Na+]. The van der Waals surface area contributed by atoms with Gasteiger partial charge in [-0.1, -0.05) is 12.5 Å². The van der Waals surface area contributed by atoms with Gasteiger partial charge in [-0.15, -0.1) is 6.58 Å². The topological polar surface area (TPSA) is 72.7 Å². The number of allylic oxidation sites excluding steroid dienone is 1. The van der Waals surface area contributed by atoms with E-state index < -0.39 is 5.97 Å². The van der Waals surface area contributed by atoms with E-state index in [2.05, 4.69) is 11.6 Å². The van der Waals surface area contributed by atoms with Gasteiger partial charge in [0.25, 0.3) is 0 Å². The Morgan fingerprint density at radius 2 is 2.00 bits per heavy atom. The van der Waals surface area contributed by atoms with Gasteiger partial charge in [-0.3, -0.25) is 4.79 Å². The third-order valence-electron chi connectivity index (χ3n) is 1.91. The fourth-order valence-corrected chi connectivity index (χ4v) is 1.10. The van der Waals surface area contributed by atoms with Crippen molar-refractivity contribution in [1.29, 1.82) is 0 Å². The number of nitrogens with zero attached hydrogens (tertiary/aromatic N) is 1. The number of aliphatic carboxylic acids is 1. The Labute approximate surface area is 119 Å². The third kappa shape index (κ3) is 13.7. The molecule has 0 atom stereocenters. The minimum Gasteiger partial charge on any atom is -0.862 e. The fourth-order valence-electron chi connectivity index (χ4n) is 1.10. The number of unbranched alkanes of at least 4 members (excludes halogenated alkanes) is 3. The molecule has 0 heterocycles. The summed E-state index contributed by atoms with van der Waals surface area (Å²) in [4.78, 5) is 13.8. The first-order valence-electron chi connectivity index (χ1n) is 5.20. The van der Waals surface area contributed by atoms with Gasteiger partial charge in [0.2, 0.25) is 0 Å². The number of carboxylic acids is 1. The molecule has 86 valence electrons. The van der Waals surface area contributed by atoms with Crippen molar-refractivity contribution in [3.63, 3.8) is 0 Å². The van der Waals surface area contributed by atoms with Crippen molar-refractivity contribution in [3.8, 4) is 0 Å². The van der Waals surface area contributed by atoms with Crippen molar-refractivity contribution in [2.24, 2.45) is 4.99 Å². The predicted molar refractivity (Wildman–Crippen MR) is 57.8 cm³/mol. The van der Waals surface area contributed by atoms with Crippen LogP contribution in [0.4, 0.5) is 0 Å². The van der Waals surface area contributed by atoms with Crippen LogP contribution in [-0.4, -0.2) is 23.5 Å². The van der Waals surface area contributed by atoms with Crippen molar-refractivity contribution < 1.29 is 44.6 Å². The number of aliphatic imine (C=N–C) groups is 1. The van der Waals surface area contributed by atoms with Gasteiger partial charge in [0.15, 0.2) is 0 Å². The Bertz CT molecular complexity index is 229. The van der Waals surface area contributed by atoms with Crippen LogP contribution >= 0.6 is 0 Å². The summed E-state index contributed by atoms with van der Waals surface area (Å²) in [6.45, 7) is 3.71. The summed E-state index contributed by atoms with van der Waals surface area (Å²) in [6, 6.07) is 0. The number of hydrogen-bond acceptors (Lipinski definition) is 3.